The zero-order chi connectivity index (χ0) is 13.5. The van der Waals surface area contributed by atoms with Crippen LogP contribution in [0.2, 0.25) is 0 Å². The van der Waals surface area contributed by atoms with Crippen molar-refractivity contribution in [3.8, 4) is 0 Å². The molecule has 0 saturated carbocycles. The first-order chi connectivity index (χ1) is 9.29. The topological polar surface area (TPSA) is 57.6 Å². The van der Waals surface area contributed by atoms with E-state index in [4.69, 9.17) is 4.74 Å². The number of rotatable bonds is 6. The van der Waals surface area contributed by atoms with Gasteiger partial charge in [-0.15, -0.1) is 0 Å². The van der Waals surface area contributed by atoms with Crippen LogP contribution in [0, 0.1) is 0 Å². The Morgan fingerprint density at radius 2 is 2.42 bits per heavy atom. The first kappa shape index (κ1) is 14.2. The van der Waals surface area contributed by atoms with E-state index in [-0.39, 0.29) is 6.10 Å². The lowest BCUT2D eigenvalue weighted by molar-refractivity contribution is 0.154. The molecule has 5 heteroatoms. The van der Waals surface area contributed by atoms with Crippen molar-refractivity contribution in [2.75, 3.05) is 38.3 Å². The average molecular weight is 265 g/mol. The third-order valence-electron chi connectivity index (χ3n) is 3.34. The third-order valence-corrected chi connectivity index (χ3v) is 3.34. The standard InChI is InChI=1S/C14H23N3O2/c1-19-8-6-15-9-12-4-5-14(16-10-12)17-7-2-3-13(18)11-17/h4-5,10,13,15,18H,2-3,6-9,11H2,1H3. The lowest BCUT2D eigenvalue weighted by Gasteiger charge is -2.31. The second kappa shape index (κ2) is 7.43. The highest BCUT2D eigenvalue weighted by Crippen LogP contribution is 2.17. The van der Waals surface area contributed by atoms with Crippen LogP contribution in [0.1, 0.15) is 18.4 Å². The fourth-order valence-electron chi connectivity index (χ4n) is 2.28. The number of β-amino-alcohol motifs (C(OH)–C–C–N with tert-alkyl or cyclic N) is 1. The number of ether oxygens (including phenoxy) is 1. The Morgan fingerprint density at radius 3 is 3.11 bits per heavy atom. The molecule has 2 heterocycles. The highest BCUT2D eigenvalue weighted by Gasteiger charge is 2.18. The number of hydrogen-bond donors (Lipinski definition) is 2. The number of nitrogens with one attached hydrogen (secondary N) is 1. The molecule has 1 unspecified atom stereocenters. The highest BCUT2D eigenvalue weighted by atomic mass is 16.5. The van der Waals surface area contributed by atoms with Gasteiger partial charge in [0.05, 0.1) is 12.7 Å². The summed E-state index contributed by atoms with van der Waals surface area (Å²) < 4.78 is 4.98. The van der Waals surface area contributed by atoms with Crippen LogP contribution in [-0.2, 0) is 11.3 Å². The lowest BCUT2D eigenvalue weighted by Crippen LogP contribution is -2.38. The normalized spacial score (nSPS) is 19.7. The van der Waals surface area contributed by atoms with E-state index in [9.17, 15) is 5.11 Å². The minimum Gasteiger partial charge on any atom is -0.391 e. The van der Waals surface area contributed by atoms with Gasteiger partial charge in [0.25, 0.3) is 0 Å². The molecule has 5 nitrogen and oxygen atoms in total. The molecule has 0 aromatic carbocycles. The molecule has 0 spiro atoms. The largest absolute Gasteiger partial charge is 0.391 e. The summed E-state index contributed by atoms with van der Waals surface area (Å²) in [5.41, 5.74) is 1.16. The molecule has 1 fully saturated rings. The smallest absolute Gasteiger partial charge is 0.128 e. The second-order valence-corrected chi connectivity index (χ2v) is 4.94. The molecule has 2 N–H and O–H groups in total. The maximum atomic E-state index is 9.67. The van der Waals surface area contributed by atoms with Gasteiger partial charge in [-0.05, 0) is 24.5 Å². The molecule has 1 aromatic heterocycles. The van der Waals surface area contributed by atoms with Crippen molar-refractivity contribution in [2.24, 2.45) is 0 Å². The summed E-state index contributed by atoms with van der Waals surface area (Å²) in [5, 5.41) is 13.0. The van der Waals surface area contributed by atoms with Gasteiger partial charge in [-0.3, -0.25) is 0 Å². The molecule has 1 aromatic rings. The highest BCUT2D eigenvalue weighted by molar-refractivity contribution is 5.40. The molecule has 2 rings (SSSR count). The van der Waals surface area contributed by atoms with E-state index in [1.165, 1.54) is 0 Å². The number of aliphatic hydroxyl groups excluding tert-OH is 1. The number of anilines is 1. The van der Waals surface area contributed by atoms with Crippen molar-refractivity contribution in [3.05, 3.63) is 23.9 Å². The molecule has 106 valence electrons. The lowest BCUT2D eigenvalue weighted by atomic mass is 10.1. The van der Waals surface area contributed by atoms with Gasteiger partial charge in [0.1, 0.15) is 5.82 Å². The zero-order valence-corrected chi connectivity index (χ0v) is 11.5. The van der Waals surface area contributed by atoms with E-state index in [1.54, 1.807) is 7.11 Å². The minimum absolute atomic E-state index is 0.217. The quantitative estimate of drug-likeness (QED) is 0.744. The van der Waals surface area contributed by atoms with Crippen molar-refractivity contribution in [2.45, 2.75) is 25.5 Å². The molecule has 19 heavy (non-hydrogen) atoms. The van der Waals surface area contributed by atoms with Crippen LogP contribution in [0.3, 0.4) is 0 Å². The molecule has 1 aliphatic rings. The first-order valence-electron chi connectivity index (χ1n) is 6.87. The zero-order valence-electron chi connectivity index (χ0n) is 11.5. The Labute approximate surface area is 114 Å². The SMILES string of the molecule is COCCNCc1ccc(N2CCCC(O)C2)nc1. The molecule has 0 aliphatic carbocycles. The molecular weight excluding hydrogens is 242 g/mol. The van der Waals surface area contributed by atoms with Crippen molar-refractivity contribution >= 4 is 5.82 Å². The van der Waals surface area contributed by atoms with Crippen LogP contribution in [0.25, 0.3) is 0 Å². The summed E-state index contributed by atoms with van der Waals surface area (Å²) >= 11 is 0. The van der Waals surface area contributed by atoms with E-state index in [2.05, 4.69) is 21.3 Å². The van der Waals surface area contributed by atoms with E-state index in [0.29, 0.717) is 6.54 Å². The number of pyridine rings is 1. The Balaban J connectivity index is 1.83. The molecule has 0 bridgehead atoms. The van der Waals surface area contributed by atoms with Gasteiger partial charge in [-0.25, -0.2) is 4.98 Å². The summed E-state index contributed by atoms with van der Waals surface area (Å²) in [6.45, 7) is 4.04. The maximum Gasteiger partial charge on any atom is 0.128 e. The van der Waals surface area contributed by atoms with Crippen LogP contribution in [0.5, 0.6) is 0 Å². The predicted octanol–water partition coefficient (Wildman–Crippen LogP) is 0.779. The van der Waals surface area contributed by atoms with Crippen molar-refractivity contribution in [3.63, 3.8) is 0 Å². The van der Waals surface area contributed by atoms with Crippen LogP contribution in [0.15, 0.2) is 18.3 Å². The molecule has 1 aliphatic heterocycles. The van der Waals surface area contributed by atoms with E-state index in [0.717, 1.165) is 50.5 Å². The number of aromatic nitrogens is 1. The summed E-state index contributed by atoms with van der Waals surface area (Å²) in [6.07, 6.45) is 3.61. The van der Waals surface area contributed by atoms with E-state index in [1.807, 2.05) is 12.3 Å². The summed E-state index contributed by atoms with van der Waals surface area (Å²) in [5.74, 6) is 0.958. The average Bonchev–Trinajstić information content (AvgIpc) is 2.44. The van der Waals surface area contributed by atoms with Crippen LogP contribution < -0.4 is 10.2 Å². The van der Waals surface area contributed by atoms with Crippen LogP contribution in [-0.4, -0.2) is 49.5 Å². The first-order valence-corrected chi connectivity index (χ1v) is 6.87. The second-order valence-electron chi connectivity index (χ2n) is 4.94. The maximum absolute atomic E-state index is 9.67. The molecule has 1 atom stereocenters. The molecule has 0 radical (unpaired) electrons. The molecule has 1 saturated heterocycles. The number of aliphatic hydroxyl groups is 1. The summed E-state index contributed by atoms with van der Waals surface area (Å²) in [6, 6.07) is 4.12. The third kappa shape index (κ3) is 4.45. The van der Waals surface area contributed by atoms with Gasteiger partial charge in [0, 0.05) is 39.5 Å². The van der Waals surface area contributed by atoms with Gasteiger partial charge in [-0.1, -0.05) is 6.07 Å². The van der Waals surface area contributed by atoms with Gasteiger partial charge in [0.2, 0.25) is 0 Å². The van der Waals surface area contributed by atoms with Crippen LogP contribution in [0.4, 0.5) is 5.82 Å². The fourth-order valence-corrected chi connectivity index (χ4v) is 2.28. The monoisotopic (exact) mass is 265 g/mol. The van der Waals surface area contributed by atoms with Gasteiger partial charge >= 0.3 is 0 Å². The van der Waals surface area contributed by atoms with Gasteiger partial charge in [-0.2, -0.15) is 0 Å². The predicted molar refractivity (Wildman–Crippen MR) is 75.3 cm³/mol. The Hall–Kier alpha value is -1.17. The Morgan fingerprint density at radius 1 is 1.53 bits per heavy atom. The van der Waals surface area contributed by atoms with Crippen LogP contribution >= 0.6 is 0 Å². The summed E-state index contributed by atoms with van der Waals surface area (Å²) in [4.78, 5) is 6.63. The van der Waals surface area contributed by atoms with Gasteiger partial charge < -0.3 is 20.1 Å². The van der Waals surface area contributed by atoms with E-state index >= 15 is 0 Å². The van der Waals surface area contributed by atoms with Crippen molar-refractivity contribution in [1.82, 2.24) is 10.3 Å². The Bertz CT molecular complexity index is 369. The Kier molecular flexibility index (Phi) is 5.57. The van der Waals surface area contributed by atoms with Gasteiger partial charge in [0.15, 0.2) is 0 Å². The number of methoxy groups -OCH3 is 1. The minimum atomic E-state index is -0.217. The number of nitrogens with zero attached hydrogens (tertiary/aromatic N) is 2. The van der Waals surface area contributed by atoms with E-state index < -0.39 is 0 Å². The molecule has 0 amide bonds. The van der Waals surface area contributed by atoms with Crippen molar-refractivity contribution in [1.29, 1.82) is 0 Å². The summed E-state index contributed by atoms with van der Waals surface area (Å²) in [7, 11) is 1.70. The fraction of sp³-hybridized carbons (Fsp3) is 0.643. The van der Waals surface area contributed by atoms with Crippen molar-refractivity contribution < 1.29 is 9.84 Å². The number of piperidine rings is 1. The molecular formula is C14H23N3O2. The number of hydrogen-bond acceptors (Lipinski definition) is 5.